The molecule has 0 saturated carbocycles. The smallest absolute Gasteiger partial charge is 0.255 e. The fourth-order valence-electron chi connectivity index (χ4n) is 2.14. The fourth-order valence-corrected chi connectivity index (χ4v) is 2.68. The summed E-state index contributed by atoms with van der Waals surface area (Å²) in [5.74, 6) is 0.580. The van der Waals surface area contributed by atoms with E-state index in [0.29, 0.717) is 11.3 Å². The van der Waals surface area contributed by atoms with E-state index < -0.39 is 0 Å². The van der Waals surface area contributed by atoms with Crippen LogP contribution < -0.4 is 10.1 Å². The van der Waals surface area contributed by atoms with E-state index in [1.165, 1.54) is 0 Å². The summed E-state index contributed by atoms with van der Waals surface area (Å²) in [5, 5.41) is 3.89. The van der Waals surface area contributed by atoms with Gasteiger partial charge < -0.3 is 15.0 Å². The van der Waals surface area contributed by atoms with E-state index in [2.05, 4.69) is 26.2 Å². The molecule has 0 radical (unpaired) electrons. The first kappa shape index (κ1) is 13.7. The second-order valence-electron chi connectivity index (χ2n) is 4.58. The number of carbonyl (C=O) groups is 1. The average Bonchev–Trinajstić information content (AvgIpc) is 2.94. The molecular formula is C16H13BrN2O2. The highest BCUT2D eigenvalue weighted by Crippen LogP contribution is 2.28. The van der Waals surface area contributed by atoms with Gasteiger partial charge in [-0.1, -0.05) is 0 Å². The van der Waals surface area contributed by atoms with Crippen molar-refractivity contribution >= 4 is 38.4 Å². The molecule has 0 fully saturated rings. The summed E-state index contributed by atoms with van der Waals surface area (Å²) in [5.41, 5.74) is 2.34. The Bertz CT molecular complexity index is 811. The minimum absolute atomic E-state index is 0.143. The van der Waals surface area contributed by atoms with Gasteiger partial charge in [-0.25, -0.2) is 0 Å². The number of aromatic amines is 1. The van der Waals surface area contributed by atoms with Crippen molar-refractivity contribution in [3.63, 3.8) is 0 Å². The van der Waals surface area contributed by atoms with Crippen LogP contribution in [0.2, 0.25) is 0 Å². The lowest BCUT2D eigenvalue weighted by Crippen LogP contribution is -2.11. The molecule has 106 valence electrons. The number of hydrogen-bond donors (Lipinski definition) is 2. The van der Waals surface area contributed by atoms with E-state index in [-0.39, 0.29) is 5.91 Å². The summed E-state index contributed by atoms with van der Waals surface area (Å²) in [6, 6.07) is 12.9. The van der Waals surface area contributed by atoms with Crippen molar-refractivity contribution in [1.82, 2.24) is 4.98 Å². The quantitative estimate of drug-likeness (QED) is 0.748. The summed E-state index contributed by atoms with van der Waals surface area (Å²) in [4.78, 5) is 15.4. The van der Waals surface area contributed by atoms with Crippen LogP contribution in [0.15, 0.2) is 53.1 Å². The van der Waals surface area contributed by atoms with Gasteiger partial charge in [-0.2, -0.15) is 0 Å². The highest BCUT2D eigenvalue weighted by molar-refractivity contribution is 9.10. The first-order valence-electron chi connectivity index (χ1n) is 6.39. The topological polar surface area (TPSA) is 54.1 Å². The van der Waals surface area contributed by atoms with E-state index >= 15 is 0 Å². The van der Waals surface area contributed by atoms with E-state index in [4.69, 9.17) is 4.74 Å². The van der Waals surface area contributed by atoms with Gasteiger partial charge in [0.15, 0.2) is 0 Å². The Morgan fingerprint density at radius 3 is 2.81 bits per heavy atom. The Labute approximate surface area is 130 Å². The van der Waals surface area contributed by atoms with E-state index in [9.17, 15) is 4.79 Å². The summed E-state index contributed by atoms with van der Waals surface area (Å²) >= 11 is 3.40. The highest BCUT2D eigenvalue weighted by Gasteiger charge is 2.09. The van der Waals surface area contributed by atoms with Gasteiger partial charge in [0.05, 0.1) is 11.6 Å². The Morgan fingerprint density at radius 1 is 1.19 bits per heavy atom. The molecule has 4 nitrogen and oxygen atoms in total. The first-order chi connectivity index (χ1) is 10.2. The molecule has 2 aromatic carbocycles. The molecule has 0 bridgehead atoms. The normalized spacial score (nSPS) is 10.6. The van der Waals surface area contributed by atoms with Crippen LogP contribution in [0.3, 0.4) is 0 Å². The lowest BCUT2D eigenvalue weighted by atomic mass is 10.1. The van der Waals surface area contributed by atoms with Crippen molar-refractivity contribution in [2.45, 2.75) is 0 Å². The van der Waals surface area contributed by atoms with Crippen molar-refractivity contribution in [2.75, 3.05) is 12.4 Å². The third-order valence-corrected chi connectivity index (χ3v) is 3.84. The van der Waals surface area contributed by atoms with Crippen molar-refractivity contribution < 1.29 is 9.53 Å². The molecule has 1 aromatic heterocycles. The van der Waals surface area contributed by atoms with Gasteiger partial charge in [0.25, 0.3) is 5.91 Å². The van der Waals surface area contributed by atoms with Crippen LogP contribution >= 0.6 is 15.9 Å². The lowest BCUT2D eigenvalue weighted by molar-refractivity contribution is 0.102. The number of hydrogen-bond acceptors (Lipinski definition) is 2. The Hall–Kier alpha value is -2.27. The predicted octanol–water partition coefficient (Wildman–Crippen LogP) is 4.19. The summed E-state index contributed by atoms with van der Waals surface area (Å²) < 4.78 is 5.96. The average molecular weight is 345 g/mol. The zero-order chi connectivity index (χ0) is 14.8. The number of rotatable bonds is 3. The molecule has 0 aliphatic heterocycles. The van der Waals surface area contributed by atoms with Crippen molar-refractivity contribution in [3.8, 4) is 5.75 Å². The van der Waals surface area contributed by atoms with Gasteiger partial charge in [0, 0.05) is 28.4 Å². The molecule has 1 amide bonds. The van der Waals surface area contributed by atoms with Gasteiger partial charge in [-0.15, -0.1) is 0 Å². The molecule has 3 aromatic rings. The van der Waals surface area contributed by atoms with Gasteiger partial charge >= 0.3 is 0 Å². The second-order valence-corrected chi connectivity index (χ2v) is 5.44. The molecule has 3 rings (SSSR count). The lowest BCUT2D eigenvalue weighted by Gasteiger charge is -2.08. The van der Waals surface area contributed by atoms with Crippen molar-refractivity contribution in [1.29, 1.82) is 0 Å². The number of halogens is 1. The maximum absolute atomic E-state index is 12.3. The van der Waals surface area contributed by atoms with Crippen LogP contribution in [0.4, 0.5) is 5.69 Å². The number of aromatic nitrogens is 1. The van der Waals surface area contributed by atoms with Crippen LogP contribution in [0.1, 0.15) is 10.4 Å². The number of fused-ring (bicyclic) bond motifs is 1. The number of nitrogens with one attached hydrogen (secondary N) is 2. The fraction of sp³-hybridized carbons (Fsp3) is 0.0625. The highest BCUT2D eigenvalue weighted by atomic mass is 79.9. The minimum atomic E-state index is -0.143. The summed E-state index contributed by atoms with van der Waals surface area (Å²) in [6.45, 7) is 0. The van der Waals surface area contributed by atoms with Crippen molar-refractivity contribution in [3.05, 3.63) is 58.7 Å². The molecular weight excluding hydrogens is 332 g/mol. The number of H-pyrrole nitrogens is 1. The zero-order valence-corrected chi connectivity index (χ0v) is 12.9. The minimum Gasteiger partial charge on any atom is -0.496 e. The molecule has 0 atom stereocenters. The number of amides is 1. The molecule has 0 saturated heterocycles. The molecule has 0 spiro atoms. The molecule has 0 aliphatic carbocycles. The monoisotopic (exact) mass is 344 g/mol. The largest absolute Gasteiger partial charge is 0.496 e. The Balaban J connectivity index is 1.83. The molecule has 1 heterocycles. The number of methoxy groups -OCH3 is 1. The SMILES string of the molecule is COc1ccc(NC(=O)c2ccc3[nH]ccc3c2)cc1Br. The number of anilines is 1. The van der Waals surface area contributed by atoms with Crippen LogP contribution in [-0.4, -0.2) is 18.0 Å². The molecule has 21 heavy (non-hydrogen) atoms. The van der Waals surface area contributed by atoms with Gasteiger partial charge in [-0.05, 0) is 58.4 Å². The maximum atomic E-state index is 12.3. The zero-order valence-electron chi connectivity index (χ0n) is 11.3. The van der Waals surface area contributed by atoms with E-state index in [1.807, 2.05) is 30.5 Å². The van der Waals surface area contributed by atoms with E-state index in [0.717, 1.165) is 21.1 Å². The van der Waals surface area contributed by atoms with Crippen LogP contribution in [0, 0.1) is 0 Å². The number of carbonyl (C=O) groups excluding carboxylic acids is 1. The van der Waals surface area contributed by atoms with Crippen LogP contribution in [0.5, 0.6) is 5.75 Å². The number of benzene rings is 2. The van der Waals surface area contributed by atoms with Crippen molar-refractivity contribution in [2.24, 2.45) is 0 Å². The summed E-state index contributed by atoms with van der Waals surface area (Å²) in [7, 11) is 1.60. The van der Waals surface area contributed by atoms with Crippen LogP contribution in [-0.2, 0) is 0 Å². The standard InChI is InChI=1S/C16H13BrN2O2/c1-21-15-5-3-12(9-13(15)17)19-16(20)11-2-4-14-10(8-11)6-7-18-14/h2-9,18H,1H3,(H,19,20). The molecule has 0 aliphatic rings. The Morgan fingerprint density at radius 2 is 2.05 bits per heavy atom. The Kier molecular flexibility index (Phi) is 3.66. The van der Waals surface area contributed by atoms with Crippen LogP contribution in [0.25, 0.3) is 10.9 Å². The third-order valence-electron chi connectivity index (χ3n) is 3.23. The van der Waals surface area contributed by atoms with Gasteiger partial charge in [0.1, 0.15) is 5.75 Å². The first-order valence-corrected chi connectivity index (χ1v) is 7.19. The predicted molar refractivity (Wildman–Crippen MR) is 86.9 cm³/mol. The molecule has 2 N–H and O–H groups in total. The maximum Gasteiger partial charge on any atom is 0.255 e. The van der Waals surface area contributed by atoms with Gasteiger partial charge in [0.2, 0.25) is 0 Å². The molecule has 0 unspecified atom stereocenters. The molecule has 5 heteroatoms. The number of ether oxygens (including phenoxy) is 1. The summed E-state index contributed by atoms with van der Waals surface area (Å²) in [6.07, 6.45) is 1.85. The van der Waals surface area contributed by atoms with E-state index in [1.54, 1.807) is 25.3 Å². The van der Waals surface area contributed by atoms with Gasteiger partial charge in [-0.3, -0.25) is 4.79 Å². The third kappa shape index (κ3) is 2.78. The second kappa shape index (κ2) is 5.61.